The Labute approximate surface area is 126 Å². The number of amides is 1. The Kier molecular flexibility index (Phi) is 6.61. The summed E-state index contributed by atoms with van der Waals surface area (Å²) in [5.41, 5.74) is 7.02. The zero-order valence-corrected chi connectivity index (χ0v) is 13.2. The maximum atomic E-state index is 12.5. The average Bonchev–Trinajstić information content (AvgIpc) is 2.42. The highest BCUT2D eigenvalue weighted by Gasteiger charge is 2.15. The van der Waals surface area contributed by atoms with Crippen molar-refractivity contribution in [1.29, 1.82) is 0 Å². The van der Waals surface area contributed by atoms with Crippen LogP contribution in [0.4, 0.5) is 0 Å². The molecule has 0 aromatic heterocycles. The Morgan fingerprint density at radius 1 is 1.10 bits per heavy atom. The van der Waals surface area contributed by atoms with E-state index in [0.717, 1.165) is 31.6 Å². The molecule has 1 aromatic carbocycles. The minimum atomic E-state index is 0.0585. The highest BCUT2D eigenvalue weighted by atomic mass is 32.1. The Morgan fingerprint density at radius 2 is 1.65 bits per heavy atom. The summed E-state index contributed by atoms with van der Waals surface area (Å²) in [6.07, 6.45) is 0.949. The van der Waals surface area contributed by atoms with E-state index >= 15 is 0 Å². The molecule has 0 aliphatic rings. The number of nitrogens with zero attached hydrogens (tertiary/aromatic N) is 2. The van der Waals surface area contributed by atoms with Crippen LogP contribution in [0.25, 0.3) is 0 Å². The van der Waals surface area contributed by atoms with Gasteiger partial charge in [-0.05, 0) is 32.6 Å². The topological polar surface area (TPSA) is 49.6 Å². The lowest BCUT2D eigenvalue weighted by Crippen LogP contribution is -2.37. The molecular weight excluding hydrogens is 270 g/mol. The smallest absolute Gasteiger partial charge is 0.253 e. The number of benzene rings is 1. The molecule has 0 atom stereocenters. The van der Waals surface area contributed by atoms with Crippen LogP contribution in [-0.4, -0.2) is 54.4 Å². The highest BCUT2D eigenvalue weighted by Crippen LogP contribution is 2.08. The molecule has 0 aliphatic heterocycles. The van der Waals surface area contributed by atoms with Gasteiger partial charge in [0.2, 0.25) is 0 Å². The van der Waals surface area contributed by atoms with Crippen molar-refractivity contribution in [3.8, 4) is 0 Å². The highest BCUT2D eigenvalue weighted by molar-refractivity contribution is 7.80. The summed E-state index contributed by atoms with van der Waals surface area (Å²) in [7, 11) is 4.01. The molecular formula is C15H23N3OS. The fourth-order valence-electron chi connectivity index (χ4n) is 1.87. The first-order valence-electron chi connectivity index (χ1n) is 6.79. The summed E-state index contributed by atoms with van der Waals surface area (Å²) < 4.78 is 0. The SMILES string of the molecule is CCCN(CCN(C)C)C(=O)c1ccc(C(N)=S)cc1. The van der Waals surface area contributed by atoms with Crippen molar-refractivity contribution in [2.75, 3.05) is 33.7 Å². The van der Waals surface area contributed by atoms with E-state index in [0.29, 0.717) is 10.6 Å². The third kappa shape index (κ3) is 4.90. The zero-order chi connectivity index (χ0) is 15.1. The van der Waals surface area contributed by atoms with Gasteiger partial charge in [0, 0.05) is 30.8 Å². The molecule has 0 saturated carbocycles. The van der Waals surface area contributed by atoms with Crippen molar-refractivity contribution in [2.24, 2.45) is 5.73 Å². The van der Waals surface area contributed by atoms with Gasteiger partial charge in [0.25, 0.3) is 5.91 Å². The van der Waals surface area contributed by atoms with Crippen molar-refractivity contribution in [2.45, 2.75) is 13.3 Å². The Morgan fingerprint density at radius 3 is 2.10 bits per heavy atom. The van der Waals surface area contributed by atoms with E-state index in [-0.39, 0.29) is 5.91 Å². The first-order valence-corrected chi connectivity index (χ1v) is 7.20. The lowest BCUT2D eigenvalue weighted by Gasteiger charge is -2.24. The normalized spacial score (nSPS) is 10.6. The van der Waals surface area contributed by atoms with Crippen molar-refractivity contribution >= 4 is 23.1 Å². The molecule has 0 saturated heterocycles. The van der Waals surface area contributed by atoms with Crippen molar-refractivity contribution in [3.63, 3.8) is 0 Å². The van der Waals surface area contributed by atoms with Gasteiger partial charge in [-0.15, -0.1) is 0 Å². The van der Waals surface area contributed by atoms with Gasteiger partial charge < -0.3 is 15.5 Å². The van der Waals surface area contributed by atoms with E-state index in [2.05, 4.69) is 11.8 Å². The van der Waals surface area contributed by atoms with Gasteiger partial charge in [-0.3, -0.25) is 4.79 Å². The summed E-state index contributed by atoms with van der Waals surface area (Å²) in [4.78, 5) is 16.8. The van der Waals surface area contributed by atoms with Crippen LogP contribution < -0.4 is 5.73 Å². The molecule has 5 heteroatoms. The molecule has 0 bridgehead atoms. The average molecular weight is 293 g/mol. The molecule has 0 radical (unpaired) electrons. The van der Waals surface area contributed by atoms with E-state index in [1.807, 2.05) is 19.0 Å². The first kappa shape index (κ1) is 16.6. The summed E-state index contributed by atoms with van der Waals surface area (Å²) in [6.45, 7) is 4.43. The third-order valence-electron chi connectivity index (χ3n) is 3.01. The predicted molar refractivity (Wildman–Crippen MR) is 87.1 cm³/mol. The fourth-order valence-corrected chi connectivity index (χ4v) is 2.00. The molecule has 0 fully saturated rings. The molecule has 0 unspecified atom stereocenters. The third-order valence-corrected chi connectivity index (χ3v) is 3.25. The second kappa shape index (κ2) is 7.97. The monoisotopic (exact) mass is 293 g/mol. The summed E-state index contributed by atoms with van der Waals surface area (Å²) >= 11 is 4.91. The van der Waals surface area contributed by atoms with Gasteiger partial charge in [-0.1, -0.05) is 31.3 Å². The summed E-state index contributed by atoms with van der Waals surface area (Å²) in [5, 5.41) is 0. The van der Waals surface area contributed by atoms with Crippen molar-refractivity contribution in [1.82, 2.24) is 9.80 Å². The fraction of sp³-hybridized carbons (Fsp3) is 0.467. The number of hydrogen-bond donors (Lipinski definition) is 1. The zero-order valence-electron chi connectivity index (χ0n) is 12.4. The largest absolute Gasteiger partial charge is 0.389 e. The summed E-state index contributed by atoms with van der Waals surface area (Å²) in [5.74, 6) is 0.0585. The first-order chi connectivity index (χ1) is 9.45. The van der Waals surface area contributed by atoms with Gasteiger partial charge >= 0.3 is 0 Å². The molecule has 1 rings (SSSR count). The Balaban J connectivity index is 2.80. The predicted octanol–water partition coefficient (Wildman–Crippen LogP) is 1.73. The van der Waals surface area contributed by atoms with Crippen molar-refractivity contribution < 1.29 is 4.79 Å². The Bertz CT molecular complexity index is 457. The van der Waals surface area contributed by atoms with Crippen LogP contribution >= 0.6 is 12.2 Å². The molecule has 110 valence electrons. The second-order valence-electron chi connectivity index (χ2n) is 5.04. The molecule has 0 aliphatic carbocycles. The van der Waals surface area contributed by atoms with Gasteiger partial charge in [-0.2, -0.15) is 0 Å². The molecule has 1 amide bonds. The lowest BCUT2D eigenvalue weighted by atomic mass is 10.1. The Hall–Kier alpha value is -1.46. The maximum Gasteiger partial charge on any atom is 0.253 e. The lowest BCUT2D eigenvalue weighted by molar-refractivity contribution is 0.0745. The summed E-state index contributed by atoms with van der Waals surface area (Å²) in [6, 6.07) is 7.17. The van der Waals surface area contributed by atoms with E-state index in [4.69, 9.17) is 18.0 Å². The van der Waals surface area contributed by atoms with Crippen LogP contribution in [0.3, 0.4) is 0 Å². The molecule has 4 nitrogen and oxygen atoms in total. The number of rotatable bonds is 7. The standard InChI is InChI=1S/C15H23N3OS/c1-4-9-18(11-10-17(2)3)15(19)13-7-5-12(6-8-13)14(16)20/h5-8H,4,9-11H2,1-3H3,(H2,16,20). The molecule has 0 spiro atoms. The number of hydrogen-bond acceptors (Lipinski definition) is 3. The quantitative estimate of drug-likeness (QED) is 0.778. The van der Waals surface area contributed by atoms with Gasteiger partial charge in [-0.25, -0.2) is 0 Å². The number of carbonyl (C=O) groups is 1. The molecule has 2 N–H and O–H groups in total. The van der Waals surface area contributed by atoms with E-state index in [9.17, 15) is 4.79 Å². The second-order valence-corrected chi connectivity index (χ2v) is 5.48. The van der Waals surface area contributed by atoms with Crippen LogP contribution in [0, 0.1) is 0 Å². The number of likely N-dealkylation sites (N-methyl/N-ethyl adjacent to an activating group) is 1. The van der Waals surface area contributed by atoms with Gasteiger partial charge in [0.1, 0.15) is 4.99 Å². The molecule has 0 heterocycles. The van der Waals surface area contributed by atoms with E-state index in [1.165, 1.54) is 0 Å². The number of thiocarbonyl (C=S) groups is 1. The van der Waals surface area contributed by atoms with Crippen LogP contribution in [0.15, 0.2) is 24.3 Å². The van der Waals surface area contributed by atoms with E-state index < -0.39 is 0 Å². The van der Waals surface area contributed by atoms with Gasteiger partial charge in [0.15, 0.2) is 0 Å². The van der Waals surface area contributed by atoms with Crippen molar-refractivity contribution in [3.05, 3.63) is 35.4 Å². The van der Waals surface area contributed by atoms with Crippen LogP contribution in [0.1, 0.15) is 29.3 Å². The molecule has 20 heavy (non-hydrogen) atoms. The van der Waals surface area contributed by atoms with Gasteiger partial charge in [0.05, 0.1) is 0 Å². The van der Waals surface area contributed by atoms with Crippen LogP contribution in [-0.2, 0) is 0 Å². The number of carbonyl (C=O) groups excluding carboxylic acids is 1. The van der Waals surface area contributed by atoms with Crippen LogP contribution in [0.5, 0.6) is 0 Å². The van der Waals surface area contributed by atoms with Crippen LogP contribution in [0.2, 0.25) is 0 Å². The molecule has 1 aromatic rings. The number of nitrogens with two attached hydrogens (primary N) is 1. The minimum absolute atomic E-state index is 0.0585. The maximum absolute atomic E-state index is 12.5. The minimum Gasteiger partial charge on any atom is -0.389 e. The van der Waals surface area contributed by atoms with E-state index in [1.54, 1.807) is 24.3 Å².